The smallest absolute Gasteiger partial charge is 0.182 e. The van der Waals surface area contributed by atoms with Gasteiger partial charge in [-0.05, 0) is 37.1 Å². The molecule has 3 nitrogen and oxygen atoms in total. The Kier molecular flexibility index (Phi) is 3.90. The SMILES string of the molecule is NC1CCCCC1S(=O)(=O)c1ccc(Br)cc1. The van der Waals surface area contributed by atoms with Crippen molar-refractivity contribution in [2.75, 3.05) is 0 Å². The lowest BCUT2D eigenvalue weighted by Gasteiger charge is -2.28. The Labute approximate surface area is 110 Å². The Hall–Kier alpha value is -0.390. The van der Waals surface area contributed by atoms with Gasteiger partial charge < -0.3 is 5.73 Å². The van der Waals surface area contributed by atoms with Crippen LogP contribution in [0.25, 0.3) is 0 Å². The van der Waals surface area contributed by atoms with Crippen LogP contribution >= 0.6 is 15.9 Å². The average Bonchev–Trinajstić information content (AvgIpc) is 2.30. The van der Waals surface area contributed by atoms with E-state index in [0.717, 1.165) is 23.7 Å². The third kappa shape index (κ3) is 2.72. The van der Waals surface area contributed by atoms with Crippen molar-refractivity contribution in [1.29, 1.82) is 0 Å². The quantitative estimate of drug-likeness (QED) is 0.911. The lowest BCUT2D eigenvalue weighted by molar-refractivity contribution is 0.432. The Balaban J connectivity index is 2.32. The largest absolute Gasteiger partial charge is 0.327 e. The van der Waals surface area contributed by atoms with E-state index in [9.17, 15) is 8.42 Å². The van der Waals surface area contributed by atoms with Crippen LogP contribution in [0.15, 0.2) is 33.6 Å². The molecule has 2 N–H and O–H groups in total. The molecule has 1 aromatic rings. The molecule has 0 bridgehead atoms. The zero-order valence-electron chi connectivity index (χ0n) is 9.47. The van der Waals surface area contributed by atoms with Crippen molar-refractivity contribution in [3.05, 3.63) is 28.7 Å². The molecule has 94 valence electrons. The maximum Gasteiger partial charge on any atom is 0.182 e. The van der Waals surface area contributed by atoms with Crippen molar-refractivity contribution in [3.8, 4) is 0 Å². The third-order valence-electron chi connectivity index (χ3n) is 3.29. The number of sulfone groups is 1. The zero-order valence-corrected chi connectivity index (χ0v) is 11.9. The summed E-state index contributed by atoms with van der Waals surface area (Å²) in [7, 11) is -3.27. The van der Waals surface area contributed by atoms with Crippen LogP contribution in [-0.4, -0.2) is 19.7 Å². The summed E-state index contributed by atoms with van der Waals surface area (Å²) >= 11 is 3.30. The Morgan fingerprint density at radius 3 is 2.29 bits per heavy atom. The van der Waals surface area contributed by atoms with Crippen LogP contribution in [0.3, 0.4) is 0 Å². The summed E-state index contributed by atoms with van der Waals surface area (Å²) in [6, 6.07) is 6.56. The first-order valence-electron chi connectivity index (χ1n) is 5.77. The molecule has 1 aromatic carbocycles. The molecule has 2 atom stereocenters. The molecule has 1 saturated carbocycles. The van der Waals surface area contributed by atoms with Gasteiger partial charge in [0.25, 0.3) is 0 Å². The molecule has 0 aromatic heterocycles. The standard InChI is InChI=1S/C12H16BrNO2S/c13-9-5-7-10(8-6-9)17(15,16)12-4-2-1-3-11(12)14/h5-8,11-12H,1-4,14H2. The molecule has 0 aliphatic heterocycles. The van der Waals surface area contributed by atoms with E-state index in [0.29, 0.717) is 11.3 Å². The van der Waals surface area contributed by atoms with Gasteiger partial charge in [0.15, 0.2) is 9.84 Å². The summed E-state index contributed by atoms with van der Waals surface area (Å²) in [4.78, 5) is 0.378. The van der Waals surface area contributed by atoms with Gasteiger partial charge >= 0.3 is 0 Å². The van der Waals surface area contributed by atoms with Crippen LogP contribution in [0, 0.1) is 0 Å². The maximum absolute atomic E-state index is 12.4. The molecule has 17 heavy (non-hydrogen) atoms. The molecular weight excluding hydrogens is 302 g/mol. The van der Waals surface area contributed by atoms with Crippen LogP contribution in [-0.2, 0) is 9.84 Å². The van der Waals surface area contributed by atoms with Gasteiger partial charge in [0.05, 0.1) is 10.1 Å². The van der Waals surface area contributed by atoms with E-state index in [4.69, 9.17) is 5.73 Å². The average molecular weight is 318 g/mol. The van der Waals surface area contributed by atoms with Gasteiger partial charge in [-0.2, -0.15) is 0 Å². The number of hydrogen-bond acceptors (Lipinski definition) is 3. The van der Waals surface area contributed by atoms with E-state index in [1.807, 2.05) is 0 Å². The van der Waals surface area contributed by atoms with Gasteiger partial charge in [-0.3, -0.25) is 0 Å². The van der Waals surface area contributed by atoms with Crippen molar-refractivity contribution < 1.29 is 8.42 Å². The van der Waals surface area contributed by atoms with Gasteiger partial charge in [0.2, 0.25) is 0 Å². The van der Waals surface area contributed by atoms with Crippen molar-refractivity contribution in [2.24, 2.45) is 5.73 Å². The molecule has 0 saturated heterocycles. The first-order valence-corrected chi connectivity index (χ1v) is 8.11. The number of hydrogen-bond donors (Lipinski definition) is 1. The van der Waals surface area contributed by atoms with Crippen LogP contribution in [0.5, 0.6) is 0 Å². The van der Waals surface area contributed by atoms with E-state index in [1.165, 1.54) is 0 Å². The lowest BCUT2D eigenvalue weighted by Crippen LogP contribution is -2.42. The van der Waals surface area contributed by atoms with Crippen molar-refractivity contribution in [2.45, 2.75) is 41.9 Å². The summed E-state index contributed by atoms with van der Waals surface area (Å²) in [6.07, 6.45) is 3.47. The topological polar surface area (TPSA) is 60.2 Å². The van der Waals surface area contributed by atoms with Crippen LogP contribution in [0.4, 0.5) is 0 Å². The van der Waals surface area contributed by atoms with Crippen molar-refractivity contribution in [1.82, 2.24) is 0 Å². The van der Waals surface area contributed by atoms with Crippen LogP contribution in [0.1, 0.15) is 25.7 Å². The molecule has 0 amide bonds. The summed E-state index contributed by atoms with van der Waals surface area (Å²) in [5.41, 5.74) is 5.94. The zero-order chi connectivity index (χ0) is 12.5. The van der Waals surface area contributed by atoms with Gasteiger partial charge in [-0.1, -0.05) is 28.8 Å². The molecular formula is C12H16BrNO2S. The Bertz CT molecular complexity index is 484. The van der Waals surface area contributed by atoms with E-state index in [-0.39, 0.29) is 6.04 Å². The fourth-order valence-electron chi connectivity index (χ4n) is 2.31. The fourth-order valence-corrected chi connectivity index (χ4v) is 4.51. The summed E-state index contributed by atoms with van der Waals surface area (Å²) in [5, 5.41) is -0.419. The molecule has 0 heterocycles. The minimum absolute atomic E-state index is 0.225. The normalized spacial score (nSPS) is 25.8. The van der Waals surface area contributed by atoms with Gasteiger partial charge in [-0.25, -0.2) is 8.42 Å². The highest BCUT2D eigenvalue weighted by molar-refractivity contribution is 9.10. The van der Waals surface area contributed by atoms with Gasteiger partial charge in [0, 0.05) is 10.5 Å². The Morgan fingerprint density at radius 1 is 1.12 bits per heavy atom. The second-order valence-corrected chi connectivity index (χ2v) is 7.57. The molecule has 2 rings (SSSR count). The fraction of sp³-hybridized carbons (Fsp3) is 0.500. The molecule has 1 aliphatic rings. The van der Waals surface area contributed by atoms with Crippen LogP contribution in [0.2, 0.25) is 0 Å². The maximum atomic E-state index is 12.4. The predicted molar refractivity (Wildman–Crippen MR) is 71.6 cm³/mol. The highest BCUT2D eigenvalue weighted by Crippen LogP contribution is 2.28. The van der Waals surface area contributed by atoms with Crippen molar-refractivity contribution >= 4 is 25.8 Å². The molecule has 5 heteroatoms. The third-order valence-corrected chi connectivity index (χ3v) is 6.13. The number of benzene rings is 1. The van der Waals surface area contributed by atoms with Gasteiger partial charge in [-0.15, -0.1) is 0 Å². The molecule has 0 spiro atoms. The first kappa shape index (κ1) is 13.1. The van der Waals surface area contributed by atoms with Gasteiger partial charge in [0.1, 0.15) is 0 Å². The summed E-state index contributed by atoms with van der Waals surface area (Å²) < 4.78 is 25.7. The Morgan fingerprint density at radius 2 is 1.71 bits per heavy atom. The summed E-state index contributed by atoms with van der Waals surface area (Å²) in [5.74, 6) is 0. The van der Waals surface area contributed by atoms with E-state index < -0.39 is 15.1 Å². The number of halogens is 1. The lowest BCUT2D eigenvalue weighted by atomic mass is 9.96. The van der Waals surface area contributed by atoms with E-state index >= 15 is 0 Å². The molecule has 1 aliphatic carbocycles. The van der Waals surface area contributed by atoms with Crippen molar-refractivity contribution in [3.63, 3.8) is 0 Å². The summed E-state index contributed by atoms with van der Waals surface area (Å²) in [6.45, 7) is 0. The molecule has 0 radical (unpaired) electrons. The highest BCUT2D eigenvalue weighted by atomic mass is 79.9. The first-order chi connectivity index (χ1) is 8.01. The number of rotatable bonds is 2. The minimum atomic E-state index is -3.27. The molecule has 2 unspecified atom stereocenters. The predicted octanol–water partition coefficient (Wildman–Crippen LogP) is 2.49. The number of nitrogens with two attached hydrogens (primary N) is 1. The molecule has 1 fully saturated rings. The second kappa shape index (κ2) is 5.08. The van der Waals surface area contributed by atoms with E-state index in [1.54, 1.807) is 24.3 Å². The highest BCUT2D eigenvalue weighted by Gasteiger charge is 2.34. The monoisotopic (exact) mass is 317 g/mol. The van der Waals surface area contributed by atoms with E-state index in [2.05, 4.69) is 15.9 Å². The second-order valence-electron chi connectivity index (χ2n) is 4.49. The minimum Gasteiger partial charge on any atom is -0.327 e. The van der Waals surface area contributed by atoms with Crippen LogP contribution < -0.4 is 5.73 Å².